The fourth-order valence-electron chi connectivity index (χ4n) is 2.33. The van der Waals surface area contributed by atoms with Crippen LogP contribution in [-0.2, 0) is 15.9 Å². The Morgan fingerprint density at radius 1 is 1.35 bits per heavy atom. The molecule has 2 rings (SSSR count). The van der Waals surface area contributed by atoms with Crippen LogP contribution in [0.4, 0.5) is 0 Å². The van der Waals surface area contributed by atoms with Crippen LogP contribution in [0.15, 0.2) is 30.5 Å². The Labute approximate surface area is 119 Å². The third-order valence-corrected chi connectivity index (χ3v) is 3.61. The molecular weight excluding hydrogens is 251 g/mol. The minimum atomic E-state index is -0.616. The number of aromatic amines is 1. The highest BCUT2D eigenvalue weighted by atomic mass is 16.5. The summed E-state index contributed by atoms with van der Waals surface area (Å²) in [6, 6.07) is 7.37. The number of nitrogens with two attached hydrogens (primary N) is 1. The van der Waals surface area contributed by atoms with Crippen molar-refractivity contribution < 1.29 is 9.45 Å². The number of carbonyl (C=O) groups is 1. The summed E-state index contributed by atoms with van der Waals surface area (Å²) >= 11 is 0. The molecule has 1 heterocycles. The lowest BCUT2D eigenvalue weighted by atomic mass is 9.62. The second-order valence-electron chi connectivity index (χ2n) is 5.05. The lowest BCUT2D eigenvalue weighted by Gasteiger charge is -2.15. The number of para-hydroxylation sites is 1. The highest BCUT2D eigenvalue weighted by Crippen LogP contribution is 2.19. The number of fused-ring (bicyclic) bond motifs is 1. The van der Waals surface area contributed by atoms with Gasteiger partial charge in [0.1, 0.15) is 6.04 Å². The normalized spacial score (nSPS) is 12.3. The summed E-state index contributed by atoms with van der Waals surface area (Å²) in [7, 11) is 0. The van der Waals surface area contributed by atoms with E-state index in [-0.39, 0.29) is 12.9 Å². The number of hydrogen-bond donors (Lipinski definition) is 2. The molecule has 0 aliphatic heterocycles. The highest BCUT2D eigenvalue weighted by Gasteiger charge is 2.22. The Bertz CT molecular complexity index is 578. The number of rotatable bonds is 6. The van der Waals surface area contributed by atoms with Gasteiger partial charge in [-0.1, -0.05) is 32.0 Å². The maximum atomic E-state index is 12.0. The maximum Gasteiger partial charge on any atom is 0.361 e. The molecule has 0 spiro atoms. The molecule has 0 amide bonds. The van der Waals surface area contributed by atoms with E-state index in [0.29, 0.717) is 6.42 Å². The van der Waals surface area contributed by atoms with Crippen molar-refractivity contribution in [2.45, 2.75) is 39.0 Å². The molecule has 0 bridgehead atoms. The van der Waals surface area contributed by atoms with Crippen molar-refractivity contribution in [3.8, 4) is 0 Å². The highest BCUT2D eigenvalue weighted by molar-refractivity contribution is 6.53. The van der Waals surface area contributed by atoms with E-state index in [1.807, 2.05) is 44.3 Å². The van der Waals surface area contributed by atoms with Crippen molar-refractivity contribution in [3.63, 3.8) is 0 Å². The molecule has 0 saturated heterocycles. The molecule has 2 aromatic rings. The zero-order valence-electron chi connectivity index (χ0n) is 12.1. The van der Waals surface area contributed by atoms with Crippen LogP contribution < -0.4 is 5.73 Å². The smallest absolute Gasteiger partial charge is 0.361 e. The monoisotopic (exact) mass is 272 g/mol. The van der Waals surface area contributed by atoms with Gasteiger partial charge in [0.2, 0.25) is 0 Å². The number of aromatic nitrogens is 1. The van der Waals surface area contributed by atoms with E-state index in [2.05, 4.69) is 4.98 Å². The fourth-order valence-corrected chi connectivity index (χ4v) is 2.33. The first-order valence-corrected chi connectivity index (χ1v) is 7.16. The van der Waals surface area contributed by atoms with Crippen LogP contribution in [0, 0.1) is 0 Å². The molecule has 1 aromatic heterocycles. The van der Waals surface area contributed by atoms with E-state index >= 15 is 0 Å². The van der Waals surface area contributed by atoms with E-state index in [0.717, 1.165) is 29.1 Å². The van der Waals surface area contributed by atoms with Crippen molar-refractivity contribution in [2.24, 2.45) is 5.73 Å². The molecule has 3 N–H and O–H groups in total. The molecule has 0 aliphatic rings. The van der Waals surface area contributed by atoms with Gasteiger partial charge < -0.3 is 15.4 Å². The second-order valence-corrected chi connectivity index (χ2v) is 5.05. The quantitative estimate of drug-likeness (QED) is 0.794. The van der Waals surface area contributed by atoms with Gasteiger partial charge in [0.15, 0.2) is 0 Å². The van der Waals surface area contributed by atoms with Crippen LogP contribution in [-0.4, -0.2) is 23.9 Å². The van der Waals surface area contributed by atoms with Crippen LogP contribution in [0.2, 0.25) is 12.6 Å². The van der Waals surface area contributed by atoms with Gasteiger partial charge >= 0.3 is 12.9 Å². The molecule has 4 nitrogen and oxygen atoms in total. The minimum Gasteiger partial charge on any atom is -0.535 e. The first kappa shape index (κ1) is 14.7. The predicted molar refractivity (Wildman–Crippen MR) is 82.8 cm³/mol. The lowest BCUT2D eigenvalue weighted by molar-refractivity contribution is -0.136. The third-order valence-electron chi connectivity index (χ3n) is 3.61. The molecule has 106 valence electrons. The molecule has 1 atom stereocenters. The van der Waals surface area contributed by atoms with Crippen LogP contribution in [0.1, 0.15) is 19.4 Å². The summed E-state index contributed by atoms with van der Waals surface area (Å²) in [5.41, 5.74) is 8.08. The van der Waals surface area contributed by atoms with Gasteiger partial charge in [0.05, 0.1) is 0 Å². The summed E-state index contributed by atoms with van der Waals surface area (Å²) in [6.07, 6.45) is 4.04. The largest absolute Gasteiger partial charge is 0.535 e. The Hall–Kier alpha value is -1.75. The molecule has 20 heavy (non-hydrogen) atoms. The Balaban J connectivity index is 2.04. The second kappa shape index (κ2) is 6.61. The van der Waals surface area contributed by atoms with Crippen LogP contribution >= 0.6 is 0 Å². The molecule has 0 radical (unpaired) electrons. The summed E-state index contributed by atoms with van der Waals surface area (Å²) < 4.78 is 5.40. The van der Waals surface area contributed by atoms with Gasteiger partial charge in [-0.05, 0) is 24.3 Å². The van der Waals surface area contributed by atoms with E-state index in [1.165, 1.54) is 0 Å². The zero-order chi connectivity index (χ0) is 14.5. The van der Waals surface area contributed by atoms with Gasteiger partial charge in [0, 0.05) is 23.5 Å². The van der Waals surface area contributed by atoms with E-state index in [1.54, 1.807) is 0 Å². The van der Waals surface area contributed by atoms with Gasteiger partial charge in [-0.15, -0.1) is 0 Å². The summed E-state index contributed by atoms with van der Waals surface area (Å²) in [6.45, 7) is 3.98. The first-order chi connectivity index (χ1) is 9.65. The number of H-pyrrole nitrogens is 1. The number of benzene rings is 1. The molecular formula is C15H21BN2O2. The number of carbonyl (C=O) groups excluding carboxylic acids is 1. The van der Waals surface area contributed by atoms with Crippen molar-refractivity contribution >= 4 is 23.8 Å². The van der Waals surface area contributed by atoms with Gasteiger partial charge in [-0.2, -0.15) is 0 Å². The first-order valence-electron chi connectivity index (χ1n) is 7.16. The van der Waals surface area contributed by atoms with E-state index in [9.17, 15) is 4.79 Å². The van der Waals surface area contributed by atoms with Gasteiger partial charge in [-0.25, -0.2) is 0 Å². The van der Waals surface area contributed by atoms with Crippen LogP contribution in [0.3, 0.4) is 0 Å². The average molecular weight is 272 g/mol. The Morgan fingerprint density at radius 3 is 2.75 bits per heavy atom. The topological polar surface area (TPSA) is 68.1 Å². The molecule has 5 heteroatoms. The minimum absolute atomic E-state index is 0.0310. The summed E-state index contributed by atoms with van der Waals surface area (Å²) in [5.74, 6) is -0.316. The van der Waals surface area contributed by atoms with Crippen molar-refractivity contribution in [2.75, 3.05) is 0 Å². The van der Waals surface area contributed by atoms with Crippen LogP contribution in [0.25, 0.3) is 10.9 Å². The molecule has 0 aliphatic carbocycles. The Kier molecular flexibility index (Phi) is 4.85. The lowest BCUT2D eigenvalue weighted by Crippen LogP contribution is -2.37. The van der Waals surface area contributed by atoms with Crippen molar-refractivity contribution in [3.05, 3.63) is 36.0 Å². The Morgan fingerprint density at radius 2 is 2.05 bits per heavy atom. The van der Waals surface area contributed by atoms with Gasteiger partial charge in [-0.3, -0.25) is 4.79 Å². The van der Waals surface area contributed by atoms with E-state index < -0.39 is 6.04 Å². The third kappa shape index (κ3) is 3.22. The average Bonchev–Trinajstić information content (AvgIpc) is 2.87. The summed E-state index contributed by atoms with van der Waals surface area (Å²) in [4.78, 5) is 15.2. The van der Waals surface area contributed by atoms with Gasteiger partial charge in [0.25, 0.3) is 0 Å². The number of hydrogen-bond acceptors (Lipinski definition) is 3. The van der Waals surface area contributed by atoms with Crippen LogP contribution in [0.5, 0.6) is 0 Å². The standard InChI is InChI=1S/C15H21BN2O2/c1-3-16(4-2)20-15(19)13(17)9-11-10-18-14-8-6-5-7-12(11)14/h5-8,10,13,18H,3-4,9,17H2,1-2H3. The number of nitrogens with one attached hydrogen (secondary N) is 1. The SMILES string of the molecule is CCB(CC)OC(=O)C(N)Cc1c[nH]c2ccccc12. The summed E-state index contributed by atoms with van der Waals surface area (Å²) in [5, 5.41) is 1.11. The van der Waals surface area contributed by atoms with Crippen molar-refractivity contribution in [1.29, 1.82) is 0 Å². The predicted octanol–water partition coefficient (Wildman–Crippen LogP) is 2.61. The van der Waals surface area contributed by atoms with Crippen molar-refractivity contribution in [1.82, 2.24) is 4.98 Å². The molecule has 0 fully saturated rings. The maximum absolute atomic E-state index is 12.0. The molecule has 1 unspecified atom stereocenters. The molecule has 1 aromatic carbocycles. The zero-order valence-corrected chi connectivity index (χ0v) is 12.1. The molecule has 0 saturated carbocycles. The van der Waals surface area contributed by atoms with E-state index in [4.69, 9.17) is 10.4 Å². The fraction of sp³-hybridized carbons (Fsp3) is 0.400.